The van der Waals surface area contributed by atoms with E-state index in [9.17, 15) is 9.59 Å². The predicted molar refractivity (Wildman–Crippen MR) is 70.9 cm³/mol. The normalized spacial score (nSPS) is 22.7. The quantitative estimate of drug-likeness (QED) is 0.767. The fourth-order valence-corrected chi connectivity index (χ4v) is 2.19. The first-order chi connectivity index (χ1) is 8.36. The smallest absolute Gasteiger partial charge is 0.241 e. The van der Waals surface area contributed by atoms with Crippen LogP contribution in [0, 0.1) is 5.41 Å². The third-order valence-electron chi connectivity index (χ3n) is 3.58. The lowest BCUT2D eigenvalue weighted by Crippen LogP contribution is -2.55. The van der Waals surface area contributed by atoms with Gasteiger partial charge in [-0.3, -0.25) is 9.59 Å². The summed E-state index contributed by atoms with van der Waals surface area (Å²) in [5.41, 5.74) is 5.97. The second-order valence-electron chi connectivity index (χ2n) is 5.73. The van der Waals surface area contributed by atoms with Gasteiger partial charge in [0.05, 0.1) is 6.54 Å². The van der Waals surface area contributed by atoms with Crippen LogP contribution < -0.4 is 11.1 Å². The molecule has 3 N–H and O–H groups in total. The summed E-state index contributed by atoms with van der Waals surface area (Å²) in [5, 5.41) is 2.66. The van der Waals surface area contributed by atoms with Gasteiger partial charge >= 0.3 is 0 Å². The maximum Gasteiger partial charge on any atom is 0.241 e. The van der Waals surface area contributed by atoms with Crippen LogP contribution >= 0.6 is 0 Å². The molecule has 5 nitrogen and oxygen atoms in total. The number of hydrogen-bond acceptors (Lipinski definition) is 3. The van der Waals surface area contributed by atoms with Gasteiger partial charge in [-0.05, 0) is 18.3 Å². The van der Waals surface area contributed by atoms with Crippen LogP contribution in [0.3, 0.4) is 0 Å². The van der Waals surface area contributed by atoms with Crippen molar-refractivity contribution < 1.29 is 9.59 Å². The molecular weight excluding hydrogens is 230 g/mol. The van der Waals surface area contributed by atoms with E-state index >= 15 is 0 Å². The number of amides is 2. The Balaban J connectivity index is 2.41. The highest BCUT2D eigenvalue weighted by Crippen LogP contribution is 2.27. The van der Waals surface area contributed by atoms with E-state index in [4.69, 9.17) is 5.73 Å². The van der Waals surface area contributed by atoms with Gasteiger partial charge in [-0.1, -0.05) is 20.8 Å². The highest BCUT2D eigenvalue weighted by Gasteiger charge is 2.35. The van der Waals surface area contributed by atoms with Crippen molar-refractivity contribution in [2.24, 2.45) is 11.1 Å². The van der Waals surface area contributed by atoms with E-state index in [0.29, 0.717) is 19.5 Å². The van der Waals surface area contributed by atoms with Crippen molar-refractivity contribution in [2.75, 3.05) is 19.6 Å². The summed E-state index contributed by atoms with van der Waals surface area (Å²) in [6.07, 6.45) is 2.09. The van der Waals surface area contributed by atoms with Crippen molar-refractivity contribution in [1.82, 2.24) is 10.2 Å². The zero-order chi connectivity index (χ0) is 13.8. The number of carbonyl (C=O) groups excluding carboxylic acids is 2. The molecule has 2 amide bonds. The van der Waals surface area contributed by atoms with E-state index in [1.54, 1.807) is 4.90 Å². The molecule has 18 heavy (non-hydrogen) atoms. The van der Waals surface area contributed by atoms with Gasteiger partial charge in [0.2, 0.25) is 11.8 Å². The predicted octanol–water partition coefficient (Wildman–Crippen LogP) is 0.489. The van der Waals surface area contributed by atoms with Gasteiger partial charge in [0.1, 0.15) is 0 Å². The lowest BCUT2D eigenvalue weighted by molar-refractivity contribution is -0.135. The van der Waals surface area contributed by atoms with Crippen LogP contribution in [-0.4, -0.2) is 42.4 Å². The van der Waals surface area contributed by atoms with Crippen molar-refractivity contribution in [1.29, 1.82) is 0 Å². The number of likely N-dealkylation sites (tertiary alicyclic amines) is 1. The van der Waals surface area contributed by atoms with Gasteiger partial charge < -0.3 is 16.0 Å². The molecule has 0 aromatic rings. The third kappa shape index (κ3) is 3.98. The molecule has 1 fully saturated rings. The summed E-state index contributed by atoms with van der Waals surface area (Å²) in [6, 6.07) is 0.135. The van der Waals surface area contributed by atoms with Crippen LogP contribution in [0.1, 0.15) is 40.0 Å². The average molecular weight is 255 g/mol. The van der Waals surface area contributed by atoms with Crippen LogP contribution in [0.4, 0.5) is 0 Å². The van der Waals surface area contributed by atoms with E-state index in [2.05, 4.69) is 19.2 Å². The molecule has 104 valence electrons. The number of rotatable bonds is 4. The molecule has 1 aliphatic rings. The molecule has 1 heterocycles. The number of hydrogen-bond donors (Lipinski definition) is 2. The van der Waals surface area contributed by atoms with Crippen molar-refractivity contribution in [3.05, 3.63) is 0 Å². The number of nitrogens with one attached hydrogen (secondary N) is 1. The van der Waals surface area contributed by atoms with Gasteiger partial charge in [-0.25, -0.2) is 0 Å². The Bertz CT molecular complexity index is 315. The first-order valence-electron chi connectivity index (χ1n) is 6.67. The Morgan fingerprint density at radius 2 is 2.11 bits per heavy atom. The lowest BCUT2D eigenvalue weighted by Gasteiger charge is -2.42. The monoisotopic (exact) mass is 255 g/mol. The first kappa shape index (κ1) is 15.0. The molecule has 1 unspecified atom stereocenters. The van der Waals surface area contributed by atoms with Crippen LogP contribution in [0.5, 0.6) is 0 Å². The molecule has 1 rings (SSSR count). The Morgan fingerprint density at radius 3 is 2.67 bits per heavy atom. The van der Waals surface area contributed by atoms with Gasteiger partial charge in [0.15, 0.2) is 0 Å². The topological polar surface area (TPSA) is 75.4 Å². The zero-order valence-electron chi connectivity index (χ0n) is 11.7. The number of nitrogens with zero attached hydrogens (tertiary/aromatic N) is 1. The minimum atomic E-state index is -0.0566. The maximum absolute atomic E-state index is 12.0. The molecule has 0 aromatic heterocycles. The number of nitrogens with two attached hydrogens (primary N) is 1. The van der Waals surface area contributed by atoms with Crippen LogP contribution in [0.25, 0.3) is 0 Å². The van der Waals surface area contributed by atoms with Crippen molar-refractivity contribution in [3.63, 3.8) is 0 Å². The van der Waals surface area contributed by atoms with E-state index < -0.39 is 0 Å². The molecule has 0 radical (unpaired) electrons. The fraction of sp³-hybridized carbons (Fsp3) is 0.846. The molecule has 1 saturated heterocycles. The summed E-state index contributed by atoms with van der Waals surface area (Å²) >= 11 is 0. The molecule has 5 heteroatoms. The summed E-state index contributed by atoms with van der Waals surface area (Å²) in [4.78, 5) is 25.1. The second kappa shape index (κ2) is 6.18. The molecule has 0 saturated carbocycles. The molecule has 1 atom stereocenters. The molecule has 1 aliphatic heterocycles. The Kier molecular flexibility index (Phi) is 5.14. The van der Waals surface area contributed by atoms with Gasteiger partial charge in [-0.15, -0.1) is 0 Å². The minimum Gasteiger partial charge on any atom is -0.347 e. The molecule has 0 spiro atoms. The van der Waals surface area contributed by atoms with E-state index in [1.165, 1.54) is 0 Å². The fourth-order valence-electron chi connectivity index (χ4n) is 2.19. The Hall–Kier alpha value is -1.10. The van der Waals surface area contributed by atoms with Crippen molar-refractivity contribution in [3.8, 4) is 0 Å². The third-order valence-corrected chi connectivity index (χ3v) is 3.58. The van der Waals surface area contributed by atoms with E-state index in [1.807, 2.05) is 6.92 Å². The second-order valence-corrected chi connectivity index (χ2v) is 5.73. The zero-order valence-corrected chi connectivity index (χ0v) is 11.7. The lowest BCUT2D eigenvalue weighted by atomic mass is 9.79. The SMILES string of the molecule is CCCC(=O)NCC(=O)N1CCC(N)C(C)(C)C1. The largest absolute Gasteiger partial charge is 0.347 e. The van der Waals surface area contributed by atoms with Crippen molar-refractivity contribution in [2.45, 2.75) is 46.1 Å². The van der Waals surface area contributed by atoms with Crippen LogP contribution in [0.2, 0.25) is 0 Å². The van der Waals surface area contributed by atoms with Gasteiger partial charge in [0, 0.05) is 25.6 Å². The Labute approximate surface area is 109 Å². The average Bonchev–Trinajstić information content (AvgIpc) is 2.30. The van der Waals surface area contributed by atoms with Gasteiger partial charge in [0.25, 0.3) is 0 Å². The molecule has 0 aliphatic carbocycles. The molecule has 0 aromatic carbocycles. The standard InChI is InChI=1S/C13H25N3O2/c1-4-5-11(17)15-8-12(18)16-7-6-10(14)13(2,3)9-16/h10H,4-9,14H2,1-3H3,(H,15,17). The number of piperidine rings is 1. The van der Waals surface area contributed by atoms with Crippen LogP contribution in [-0.2, 0) is 9.59 Å². The summed E-state index contributed by atoms with van der Waals surface area (Å²) in [5.74, 6) is -0.0711. The van der Waals surface area contributed by atoms with E-state index in [-0.39, 0.29) is 29.8 Å². The molecule has 0 bridgehead atoms. The molecular formula is C13H25N3O2. The minimum absolute atomic E-state index is 0.0144. The van der Waals surface area contributed by atoms with Gasteiger partial charge in [-0.2, -0.15) is 0 Å². The summed E-state index contributed by atoms with van der Waals surface area (Å²) in [7, 11) is 0. The van der Waals surface area contributed by atoms with Crippen LogP contribution in [0.15, 0.2) is 0 Å². The number of carbonyl (C=O) groups is 2. The summed E-state index contributed by atoms with van der Waals surface area (Å²) in [6.45, 7) is 7.55. The summed E-state index contributed by atoms with van der Waals surface area (Å²) < 4.78 is 0. The van der Waals surface area contributed by atoms with Crippen molar-refractivity contribution >= 4 is 11.8 Å². The maximum atomic E-state index is 12.0. The first-order valence-corrected chi connectivity index (χ1v) is 6.67. The Morgan fingerprint density at radius 1 is 1.44 bits per heavy atom. The highest BCUT2D eigenvalue weighted by atomic mass is 16.2. The highest BCUT2D eigenvalue weighted by molar-refractivity contribution is 5.84. The van der Waals surface area contributed by atoms with E-state index in [0.717, 1.165) is 12.8 Å².